The van der Waals surface area contributed by atoms with E-state index in [4.69, 9.17) is 26.2 Å². The Bertz CT molecular complexity index is 556. The third-order valence-electron chi connectivity index (χ3n) is 2.42. The zero-order valence-corrected chi connectivity index (χ0v) is 11.5. The van der Waals surface area contributed by atoms with Crippen LogP contribution in [0.3, 0.4) is 0 Å². The molecule has 1 heterocycles. The quantitative estimate of drug-likeness (QED) is 0.938. The molecule has 4 nitrogen and oxygen atoms in total. The molecular formula is C12H12ClNO3S. The number of halogens is 1. The smallest absolute Gasteiger partial charge is 0.180 e. The van der Waals surface area contributed by atoms with Crippen molar-refractivity contribution < 1.29 is 14.6 Å². The number of aliphatic hydroxyl groups excluding tert-OH is 1. The highest BCUT2D eigenvalue weighted by molar-refractivity contribution is 7.15. The van der Waals surface area contributed by atoms with Crippen molar-refractivity contribution in [3.63, 3.8) is 0 Å². The summed E-state index contributed by atoms with van der Waals surface area (Å²) in [7, 11) is 3.09. The number of methoxy groups -OCH3 is 2. The van der Waals surface area contributed by atoms with Crippen LogP contribution in [0.1, 0.15) is 4.88 Å². The maximum atomic E-state index is 9.04. The summed E-state index contributed by atoms with van der Waals surface area (Å²) in [6, 6.07) is 3.60. The molecular weight excluding hydrogens is 274 g/mol. The van der Waals surface area contributed by atoms with E-state index in [-0.39, 0.29) is 6.61 Å². The monoisotopic (exact) mass is 285 g/mol. The van der Waals surface area contributed by atoms with Crippen LogP contribution in [-0.2, 0) is 6.61 Å². The van der Waals surface area contributed by atoms with E-state index in [1.54, 1.807) is 19.4 Å². The lowest BCUT2D eigenvalue weighted by molar-refractivity contribution is 0.285. The molecule has 1 aromatic carbocycles. The molecule has 18 heavy (non-hydrogen) atoms. The number of hydrogen-bond acceptors (Lipinski definition) is 5. The van der Waals surface area contributed by atoms with E-state index in [0.717, 1.165) is 15.4 Å². The van der Waals surface area contributed by atoms with Crippen LogP contribution in [0, 0.1) is 0 Å². The molecule has 0 saturated heterocycles. The van der Waals surface area contributed by atoms with Gasteiger partial charge >= 0.3 is 0 Å². The van der Waals surface area contributed by atoms with E-state index in [9.17, 15) is 0 Å². The summed E-state index contributed by atoms with van der Waals surface area (Å²) >= 11 is 7.67. The topological polar surface area (TPSA) is 51.6 Å². The van der Waals surface area contributed by atoms with Gasteiger partial charge in [-0.25, -0.2) is 4.98 Å². The molecule has 1 N–H and O–H groups in total. The highest BCUT2D eigenvalue weighted by atomic mass is 35.5. The first-order valence-corrected chi connectivity index (χ1v) is 6.37. The minimum absolute atomic E-state index is 0.0252. The Morgan fingerprint density at radius 3 is 2.67 bits per heavy atom. The van der Waals surface area contributed by atoms with Crippen LogP contribution < -0.4 is 9.47 Å². The third kappa shape index (κ3) is 2.29. The van der Waals surface area contributed by atoms with Crippen LogP contribution in [0.4, 0.5) is 0 Å². The second kappa shape index (κ2) is 5.56. The molecule has 0 aliphatic heterocycles. The lowest BCUT2D eigenvalue weighted by Gasteiger charge is -2.11. The molecule has 0 bridgehead atoms. The first-order chi connectivity index (χ1) is 8.71. The summed E-state index contributed by atoms with van der Waals surface area (Å²) in [5.74, 6) is 1.06. The molecule has 2 aromatic rings. The predicted molar refractivity (Wildman–Crippen MR) is 71.6 cm³/mol. The second-order valence-corrected chi connectivity index (χ2v) is 4.95. The van der Waals surface area contributed by atoms with E-state index in [0.29, 0.717) is 16.5 Å². The largest absolute Gasteiger partial charge is 0.493 e. The highest BCUT2D eigenvalue weighted by Gasteiger charge is 2.16. The number of aromatic nitrogens is 1. The summed E-state index contributed by atoms with van der Waals surface area (Å²) in [5.41, 5.74) is 0.763. The van der Waals surface area contributed by atoms with Crippen LogP contribution in [-0.4, -0.2) is 24.3 Å². The Morgan fingerprint density at radius 2 is 2.11 bits per heavy atom. The molecule has 0 spiro atoms. The fraction of sp³-hybridized carbons (Fsp3) is 0.250. The molecule has 0 radical (unpaired) electrons. The van der Waals surface area contributed by atoms with E-state index in [1.165, 1.54) is 18.4 Å². The number of aliphatic hydroxyl groups is 1. The van der Waals surface area contributed by atoms with Crippen LogP contribution in [0.15, 0.2) is 18.3 Å². The molecule has 0 aliphatic rings. The summed E-state index contributed by atoms with van der Waals surface area (Å²) in [4.78, 5) is 5.01. The van der Waals surface area contributed by atoms with Crippen LogP contribution >= 0.6 is 22.9 Å². The second-order valence-electron chi connectivity index (χ2n) is 3.45. The SMILES string of the molecule is COc1ccc(-c2ncc(CO)s2)c(Cl)c1OC. The zero-order valence-electron chi connectivity index (χ0n) is 9.94. The minimum atomic E-state index is -0.0252. The van der Waals surface area contributed by atoms with Crippen molar-refractivity contribution in [2.45, 2.75) is 6.61 Å². The van der Waals surface area contributed by atoms with Crippen molar-refractivity contribution in [1.29, 1.82) is 0 Å². The lowest BCUT2D eigenvalue weighted by atomic mass is 10.2. The van der Waals surface area contributed by atoms with Crippen molar-refractivity contribution in [2.24, 2.45) is 0 Å². The van der Waals surface area contributed by atoms with Crippen molar-refractivity contribution in [1.82, 2.24) is 4.98 Å². The van der Waals surface area contributed by atoms with Crippen molar-refractivity contribution in [3.05, 3.63) is 28.2 Å². The zero-order chi connectivity index (χ0) is 13.1. The standard InChI is InChI=1S/C12H12ClNO3S/c1-16-9-4-3-8(10(13)11(9)17-2)12-14-5-7(6-15)18-12/h3-5,15H,6H2,1-2H3. The van der Waals surface area contributed by atoms with Gasteiger partial charge in [-0.3, -0.25) is 0 Å². The average molecular weight is 286 g/mol. The summed E-state index contributed by atoms with van der Waals surface area (Å²) in [6.07, 6.45) is 1.63. The Morgan fingerprint density at radius 1 is 1.33 bits per heavy atom. The van der Waals surface area contributed by atoms with Crippen molar-refractivity contribution in [2.75, 3.05) is 14.2 Å². The summed E-state index contributed by atoms with van der Waals surface area (Å²) in [5, 5.41) is 10.2. The van der Waals surface area contributed by atoms with Crippen LogP contribution in [0.5, 0.6) is 11.5 Å². The molecule has 0 fully saturated rings. The fourth-order valence-electron chi connectivity index (χ4n) is 1.56. The summed E-state index contributed by atoms with van der Waals surface area (Å²) in [6.45, 7) is -0.0252. The van der Waals surface area contributed by atoms with Gasteiger partial charge < -0.3 is 14.6 Å². The first-order valence-electron chi connectivity index (χ1n) is 5.17. The van der Waals surface area contributed by atoms with Gasteiger partial charge in [0, 0.05) is 11.8 Å². The number of thiazole rings is 1. The van der Waals surface area contributed by atoms with Gasteiger partial charge in [-0.2, -0.15) is 0 Å². The minimum Gasteiger partial charge on any atom is -0.493 e. The van der Waals surface area contributed by atoms with Gasteiger partial charge in [-0.1, -0.05) is 11.6 Å². The van der Waals surface area contributed by atoms with Crippen molar-refractivity contribution in [3.8, 4) is 22.1 Å². The number of benzene rings is 1. The van der Waals surface area contributed by atoms with Gasteiger partial charge in [0.1, 0.15) is 5.01 Å². The number of hydrogen-bond donors (Lipinski definition) is 1. The first kappa shape index (κ1) is 13.1. The number of nitrogens with zero attached hydrogens (tertiary/aromatic N) is 1. The van der Waals surface area contributed by atoms with E-state index < -0.39 is 0 Å². The Hall–Kier alpha value is -1.30. The van der Waals surface area contributed by atoms with E-state index in [2.05, 4.69) is 4.98 Å². The van der Waals surface area contributed by atoms with Gasteiger partial charge in [0.05, 0.1) is 30.7 Å². The average Bonchev–Trinajstić information content (AvgIpc) is 2.86. The molecule has 0 unspecified atom stereocenters. The normalized spacial score (nSPS) is 10.4. The maximum Gasteiger partial charge on any atom is 0.180 e. The molecule has 0 amide bonds. The molecule has 1 aromatic heterocycles. The highest BCUT2D eigenvalue weighted by Crippen LogP contribution is 2.42. The molecule has 0 saturated carbocycles. The van der Waals surface area contributed by atoms with Gasteiger partial charge in [0.15, 0.2) is 11.5 Å². The molecule has 6 heteroatoms. The van der Waals surface area contributed by atoms with Gasteiger partial charge in [-0.15, -0.1) is 11.3 Å². The van der Waals surface area contributed by atoms with Gasteiger partial charge in [-0.05, 0) is 12.1 Å². The molecule has 0 atom stereocenters. The van der Waals surface area contributed by atoms with E-state index in [1.807, 2.05) is 6.07 Å². The van der Waals surface area contributed by atoms with Gasteiger partial charge in [0.2, 0.25) is 0 Å². The Kier molecular flexibility index (Phi) is 4.06. The molecule has 0 aliphatic carbocycles. The number of rotatable bonds is 4. The van der Waals surface area contributed by atoms with Gasteiger partial charge in [0.25, 0.3) is 0 Å². The van der Waals surface area contributed by atoms with Crippen LogP contribution in [0.2, 0.25) is 5.02 Å². The van der Waals surface area contributed by atoms with E-state index >= 15 is 0 Å². The predicted octanol–water partition coefficient (Wildman–Crippen LogP) is 2.97. The molecule has 2 rings (SSSR count). The molecule has 96 valence electrons. The summed E-state index contributed by atoms with van der Waals surface area (Å²) < 4.78 is 10.4. The fourth-order valence-corrected chi connectivity index (χ4v) is 2.74. The number of ether oxygens (including phenoxy) is 2. The Balaban J connectivity index is 2.51. The maximum absolute atomic E-state index is 9.04. The van der Waals surface area contributed by atoms with Crippen LogP contribution in [0.25, 0.3) is 10.6 Å². The third-order valence-corrected chi connectivity index (χ3v) is 3.82. The lowest BCUT2D eigenvalue weighted by Crippen LogP contribution is -1.92. The Labute approximate surface area is 114 Å². The van der Waals surface area contributed by atoms with Crippen molar-refractivity contribution >= 4 is 22.9 Å².